The van der Waals surface area contributed by atoms with E-state index in [4.69, 9.17) is 21.8 Å². The third-order valence-electron chi connectivity index (χ3n) is 2.42. The van der Waals surface area contributed by atoms with E-state index in [-0.39, 0.29) is 11.3 Å². The minimum absolute atomic E-state index is 0.0152. The number of thioether (sulfide) groups is 1. The first-order valence-electron chi connectivity index (χ1n) is 5.54. The van der Waals surface area contributed by atoms with Gasteiger partial charge in [0.15, 0.2) is 0 Å². The van der Waals surface area contributed by atoms with Crippen molar-refractivity contribution in [2.75, 3.05) is 0 Å². The molecule has 0 bridgehead atoms. The normalized spacial score (nSPS) is 14.4. The Morgan fingerprint density at radius 2 is 2.06 bits per heavy atom. The van der Waals surface area contributed by atoms with Gasteiger partial charge in [0.25, 0.3) is 5.22 Å². The molecular formula is C12H14ClN3OS. The molecule has 2 N–H and O–H groups in total. The van der Waals surface area contributed by atoms with Crippen LogP contribution in [-0.2, 0) is 0 Å². The average Bonchev–Trinajstić information content (AvgIpc) is 2.73. The third-order valence-corrected chi connectivity index (χ3v) is 4.07. The van der Waals surface area contributed by atoms with Gasteiger partial charge in [0, 0.05) is 18.0 Å². The molecule has 96 valence electrons. The van der Waals surface area contributed by atoms with Gasteiger partial charge in [-0.15, -0.1) is 10.2 Å². The number of aromatic nitrogens is 2. The lowest BCUT2D eigenvalue weighted by Gasteiger charge is -2.19. The first-order valence-corrected chi connectivity index (χ1v) is 6.80. The van der Waals surface area contributed by atoms with Crippen LogP contribution < -0.4 is 5.73 Å². The highest BCUT2D eigenvalue weighted by Gasteiger charge is 2.22. The fraction of sp³-hybridized carbons (Fsp3) is 0.333. The molecule has 2 aromatic rings. The number of rotatable bonds is 4. The number of nitrogens with two attached hydrogens (primary N) is 1. The molecule has 4 nitrogen and oxygen atoms in total. The lowest BCUT2D eigenvalue weighted by atomic mass is 10.1. The zero-order chi connectivity index (χ0) is 13.1. The molecule has 0 saturated carbocycles. The van der Waals surface area contributed by atoms with Crippen molar-refractivity contribution in [2.24, 2.45) is 5.73 Å². The Morgan fingerprint density at radius 1 is 1.33 bits per heavy atom. The molecule has 0 saturated heterocycles. The highest BCUT2D eigenvalue weighted by Crippen LogP contribution is 2.39. The molecule has 0 radical (unpaired) electrons. The molecule has 2 atom stereocenters. The zero-order valence-corrected chi connectivity index (χ0v) is 11.7. The number of hydrogen-bond donors (Lipinski definition) is 1. The molecule has 18 heavy (non-hydrogen) atoms. The molecule has 1 aromatic heterocycles. The molecule has 0 spiro atoms. The van der Waals surface area contributed by atoms with Crippen LogP contribution in [0.1, 0.15) is 23.6 Å². The fourth-order valence-electron chi connectivity index (χ4n) is 1.59. The van der Waals surface area contributed by atoms with E-state index < -0.39 is 0 Å². The van der Waals surface area contributed by atoms with Crippen LogP contribution >= 0.6 is 23.4 Å². The van der Waals surface area contributed by atoms with Crippen LogP contribution in [-0.4, -0.2) is 16.2 Å². The summed E-state index contributed by atoms with van der Waals surface area (Å²) in [5.41, 5.74) is 7.00. The molecule has 2 rings (SSSR count). The Kier molecular flexibility index (Phi) is 4.27. The number of benzene rings is 1. The largest absolute Gasteiger partial charge is 0.416 e. The van der Waals surface area contributed by atoms with Gasteiger partial charge in [0.1, 0.15) is 0 Å². The van der Waals surface area contributed by atoms with Crippen molar-refractivity contribution in [3.8, 4) is 0 Å². The summed E-state index contributed by atoms with van der Waals surface area (Å²) in [6.45, 7) is 3.69. The quantitative estimate of drug-likeness (QED) is 0.873. The zero-order valence-electron chi connectivity index (χ0n) is 10.1. The lowest BCUT2D eigenvalue weighted by molar-refractivity contribution is 0.427. The Bertz CT molecular complexity index is 530. The standard InChI is InChI=1S/C12H14ClN3OS/c1-7(14)11(9-5-3-4-6-10(9)13)18-12-16-15-8(2)17-12/h3-7,11H,14H2,1-2H3. The minimum Gasteiger partial charge on any atom is -0.416 e. The summed E-state index contributed by atoms with van der Waals surface area (Å²) >= 11 is 7.63. The van der Waals surface area contributed by atoms with Gasteiger partial charge >= 0.3 is 0 Å². The van der Waals surface area contributed by atoms with Gasteiger partial charge in [-0.1, -0.05) is 41.6 Å². The lowest BCUT2D eigenvalue weighted by Crippen LogP contribution is -2.22. The average molecular weight is 284 g/mol. The van der Waals surface area contributed by atoms with E-state index in [2.05, 4.69) is 10.2 Å². The van der Waals surface area contributed by atoms with Crippen molar-refractivity contribution in [2.45, 2.75) is 30.4 Å². The Morgan fingerprint density at radius 3 is 2.61 bits per heavy atom. The van der Waals surface area contributed by atoms with Crippen molar-refractivity contribution in [3.63, 3.8) is 0 Å². The summed E-state index contributed by atoms with van der Waals surface area (Å²) in [4.78, 5) is 0. The molecule has 0 aliphatic heterocycles. The van der Waals surface area contributed by atoms with Crippen LogP contribution in [0.15, 0.2) is 33.9 Å². The second-order valence-electron chi connectivity index (χ2n) is 4.01. The topological polar surface area (TPSA) is 64.9 Å². The first kappa shape index (κ1) is 13.4. The third kappa shape index (κ3) is 3.04. The molecule has 0 fully saturated rings. The molecular weight excluding hydrogens is 270 g/mol. The molecule has 6 heteroatoms. The molecule has 2 unspecified atom stereocenters. The molecule has 1 heterocycles. The van der Waals surface area contributed by atoms with Crippen LogP contribution in [0.4, 0.5) is 0 Å². The van der Waals surface area contributed by atoms with Crippen LogP contribution in [0.3, 0.4) is 0 Å². The maximum absolute atomic E-state index is 6.20. The van der Waals surface area contributed by atoms with Gasteiger partial charge < -0.3 is 10.2 Å². The molecule has 0 aliphatic rings. The molecule has 1 aromatic carbocycles. The van der Waals surface area contributed by atoms with E-state index in [0.717, 1.165) is 5.56 Å². The van der Waals surface area contributed by atoms with Crippen LogP contribution in [0.2, 0.25) is 5.02 Å². The van der Waals surface area contributed by atoms with E-state index in [1.807, 2.05) is 31.2 Å². The van der Waals surface area contributed by atoms with Gasteiger partial charge in [-0.05, 0) is 18.6 Å². The van der Waals surface area contributed by atoms with E-state index >= 15 is 0 Å². The van der Waals surface area contributed by atoms with Crippen LogP contribution in [0, 0.1) is 6.92 Å². The second-order valence-corrected chi connectivity index (χ2v) is 5.51. The summed E-state index contributed by atoms with van der Waals surface area (Å²) in [6.07, 6.45) is 0. The smallest absolute Gasteiger partial charge is 0.277 e. The predicted molar refractivity (Wildman–Crippen MR) is 72.7 cm³/mol. The van der Waals surface area contributed by atoms with E-state index in [1.165, 1.54) is 11.8 Å². The summed E-state index contributed by atoms with van der Waals surface area (Å²) in [6, 6.07) is 7.57. The van der Waals surface area contributed by atoms with Gasteiger partial charge in [-0.3, -0.25) is 0 Å². The minimum atomic E-state index is -0.0814. The highest BCUT2D eigenvalue weighted by molar-refractivity contribution is 7.99. The van der Waals surface area contributed by atoms with Crippen molar-refractivity contribution in [3.05, 3.63) is 40.7 Å². The van der Waals surface area contributed by atoms with Crippen molar-refractivity contribution in [1.29, 1.82) is 0 Å². The van der Waals surface area contributed by atoms with Crippen LogP contribution in [0.5, 0.6) is 0 Å². The molecule has 0 aliphatic carbocycles. The van der Waals surface area contributed by atoms with Gasteiger partial charge in [-0.2, -0.15) is 0 Å². The van der Waals surface area contributed by atoms with Gasteiger partial charge in [0.05, 0.1) is 5.25 Å². The van der Waals surface area contributed by atoms with Crippen molar-refractivity contribution in [1.82, 2.24) is 10.2 Å². The SMILES string of the molecule is Cc1nnc(SC(c2ccccc2Cl)C(C)N)o1. The summed E-state index contributed by atoms with van der Waals surface area (Å²) < 4.78 is 5.37. The summed E-state index contributed by atoms with van der Waals surface area (Å²) in [5, 5.41) is 8.97. The Labute approximate surface area is 115 Å². The highest BCUT2D eigenvalue weighted by atomic mass is 35.5. The maximum atomic E-state index is 6.20. The van der Waals surface area contributed by atoms with E-state index in [9.17, 15) is 0 Å². The van der Waals surface area contributed by atoms with E-state index in [0.29, 0.717) is 16.1 Å². The summed E-state index contributed by atoms with van der Waals surface area (Å²) in [7, 11) is 0. The van der Waals surface area contributed by atoms with Crippen molar-refractivity contribution >= 4 is 23.4 Å². The Balaban J connectivity index is 2.27. The predicted octanol–water partition coefficient (Wildman–Crippen LogP) is 3.21. The van der Waals surface area contributed by atoms with E-state index in [1.54, 1.807) is 6.92 Å². The Hall–Kier alpha value is -1.04. The number of hydrogen-bond acceptors (Lipinski definition) is 5. The summed E-state index contributed by atoms with van der Waals surface area (Å²) in [5.74, 6) is 0.542. The number of aryl methyl sites for hydroxylation is 1. The monoisotopic (exact) mass is 283 g/mol. The fourth-order valence-corrected chi connectivity index (χ4v) is 2.93. The van der Waals surface area contributed by atoms with Gasteiger partial charge in [-0.25, -0.2) is 0 Å². The van der Waals surface area contributed by atoms with Crippen molar-refractivity contribution < 1.29 is 4.42 Å². The first-order chi connectivity index (χ1) is 8.58. The van der Waals surface area contributed by atoms with Gasteiger partial charge in [0.2, 0.25) is 5.89 Å². The second kappa shape index (κ2) is 5.73. The van der Waals surface area contributed by atoms with Crippen LogP contribution in [0.25, 0.3) is 0 Å². The maximum Gasteiger partial charge on any atom is 0.277 e. The molecule has 0 amide bonds. The number of nitrogens with zero attached hydrogens (tertiary/aromatic N) is 2. The number of halogens is 1.